The summed E-state index contributed by atoms with van der Waals surface area (Å²) in [6.45, 7) is 4.43. The third kappa shape index (κ3) is 4.07. The normalized spacial score (nSPS) is 20.4. The highest BCUT2D eigenvalue weighted by atomic mass is 16.5. The molecule has 1 aromatic carbocycles. The highest BCUT2D eigenvalue weighted by Gasteiger charge is 2.27. The molecular weight excluding hydrogens is 328 g/mol. The zero-order valence-electron chi connectivity index (χ0n) is 16.0. The Kier molecular flexibility index (Phi) is 5.61. The summed E-state index contributed by atoms with van der Waals surface area (Å²) in [6, 6.07) is 8.26. The Hall–Kier alpha value is -2.34. The van der Waals surface area contributed by atoms with E-state index in [1.807, 2.05) is 31.1 Å². The Bertz CT molecular complexity index is 777. The molecule has 26 heavy (non-hydrogen) atoms. The molecule has 0 radical (unpaired) electrons. The summed E-state index contributed by atoms with van der Waals surface area (Å²) in [5.41, 5.74) is 2.02. The molecule has 6 heteroatoms. The highest BCUT2D eigenvalue weighted by molar-refractivity contribution is 5.95. The molecule has 2 aromatic rings. The second-order valence-corrected chi connectivity index (χ2v) is 7.43. The van der Waals surface area contributed by atoms with Gasteiger partial charge in [-0.1, -0.05) is 6.92 Å². The Morgan fingerprint density at radius 3 is 2.88 bits per heavy atom. The van der Waals surface area contributed by atoms with E-state index in [9.17, 15) is 4.79 Å². The van der Waals surface area contributed by atoms with Crippen LogP contribution in [-0.4, -0.2) is 62.7 Å². The van der Waals surface area contributed by atoms with Crippen LogP contribution in [0.15, 0.2) is 30.5 Å². The van der Waals surface area contributed by atoms with Crippen LogP contribution in [0.4, 0.5) is 5.69 Å². The fraction of sp³-hybridized carbons (Fsp3) is 0.500. The van der Waals surface area contributed by atoms with E-state index in [0.29, 0.717) is 12.5 Å². The molecule has 1 aliphatic rings. The van der Waals surface area contributed by atoms with Crippen molar-refractivity contribution >= 4 is 22.5 Å². The lowest BCUT2D eigenvalue weighted by Crippen LogP contribution is -2.51. The summed E-state index contributed by atoms with van der Waals surface area (Å²) in [6.07, 6.45) is 2.79. The Balaban J connectivity index is 1.84. The smallest absolute Gasteiger partial charge is 0.234 e. The SMILES string of the molecule is COc1ccc(N2CC(C)CC(NC(=O)CN(C)C)C2)c2cccnc12. The molecule has 140 valence electrons. The van der Waals surface area contributed by atoms with E-state index in [1.165, 1.54) is 0 Å². The Morgan fingerprint density at radius 2 is 2.15 bits per heavy atom. The van der Waals surface area contributed by atoms with Crippen LogP contribution in [-0.2, 0) is 4.79 Å². The number of amides is 1. The minimum atomic E-state index is 0.0790. The topological polar surface area (TPSA) is 57.7 Å². The number of carbonyl (C=O) groups excluding carboxylic acids is 1. The van der Waals surface area contributed by atoms with Crippen molar-refractivity contribution in [2.75, 3.05) is 45.7 Å². The van der Waals surface area contributed by atoms with Crippen LogP contribution in [0.1, 0.15) is 13.3 Å². The molecule has 1 saturated heterocycles. The first-order valence-electron chi connectivity index (χ1n) is 9.08. The van der Waals surface area contributed by atoms with Gasteiger partial charge in [0.1, 0.15) is 11.3 Å². The molecule has 0 aliphatic carbocycles. The van der Waals surface area contributed by atoms with Gasteiger partial charge in [-0.25, -0.2) is 0 Å². The number of carbonyl (C=O) groups is 1. The number of rotatable bonds is 5. The molecule has 0 bridgehead atoms. The van der Waals surface area contributed by atoms with Gasteiger partial charge in [0, 0.05) is 36.4 Å². The number of hydrogen-bond donors (Lipinski definition) is 1. The van der Waals surface area contributed by atoms with Gasteiger partial charge in [-0.05, 0) is 50.7 Å². The number of fused-ring (bicyclic) bond motifs is 1. The maximum Gasteiger partial charge on any atom is 0.234 e. The fourth-order valence-electron chi connectivity index (χ4n) is 3.79. The highest BCUT2D eigenvalue weighted by Crippen LogP contribution is 2.34. The molecule has 1 N–H and O–H groups in total. The lowest BCUT2D eigenvalue weighted by molar-refractivity contribution is -0.122. The van der Waals surface area contributed by atoms with E-state index in [-0.39, 0.29) is 11.9 Å². The van der Waals surface area contributed by atoms with Crippen molar-refractivity contribution in [2.45, 2.75) is 19.4 Å². The number of nitrogens with zero attached hydrogens (tertiary/aromatic N) is 3. The van der Waals surface area contributed by atoms with Gasteiger partial charge in [0.2, 0.25) is 5.91 Å². The van der Waals surface area contributed by atoms with E-state index >= 15 is 0 Å². The third-order valence-corrected chi connectivity index (χ3v) is 4.75. The number of ether oxygens (including phenoxy) is 1. The molecule has 1 aromatic heterocycles. The maximum atomic E-state index is 12.2. The summed E-state index contributed by atoms with van der Waals surface area (Å²) in [4.78, 5) is 20.9. The lowest BCUT2D eigenvalue weighted by atomic mass is 9.94. The second kappa shape index (κ2) is 7.91. The van der Waals surface area contributed by atoms with Crippen LogP contribution < -0.4 is 15.0 Å². The van der Waals surface area contributed by atoms with Gasteiger partial charge in [-0.15, -0.1) is 0 Å². The maximum absolute atomic E-state index is 12.2. The van der Waals surface area contributed by atoms with Crippen LogP contribution in [0.3, 0.4) is 0 Å². The van der Waals surface area contributed by atoms with Crippen molar-refractivity contribution in [3.05, 3.63) is 30.5 Å². The summed E-state index contributed by atoms with van der Waals surface area (Å²) in [5, 5.41) is 4.27. The molecule has 1 amide bonds. The number of hydrogen-bond acceptors (Lipinski definition) is 5. The van der Waals surface area contributed by atoms with Gasteiger partial charge >= 0.3 is 0 Å². The van der Waals surface area contributed by atoms with Gasteiger partial charge < -0.3 is 19.9 Å². The molecule has 2 heterocycles. The summed E-state index contributed by atoms with van der Waals surface area (Å²) < 4.78 is 5.46. The van der Waals surface area contributed by atoms with E-state index in [2.05, 4.69) is 34.3 Å². The average Bonchev–Trinajstić information content (AvgIpc) is 2.59. The minimum Gasteiger partial charge on any atom is -0.494 e. The lowest BCUT2D eigenvalue weighted by Gasteiger charge is -2.39. The number of nitrogens with one attached hydrogen (secondary N) is 1. The van der Waals surface area contributed by atoms with Crippen molar-refractivity contribution in [1.29, 1.82) is 0 Å². The largest absolute Gasteiger partial charge is 0.494 e. The third-order valence-electron chi connectivity index (χ3n) is 4.75. The summed E-state index contributed by atoms with van der Waals surface area (Å²) >= 11 is 0. The van der Waals surface area contributed by atoms with E-state index in [0.717, 1.165) is 41.9 Å². The van der Waals surface area contributed by atoms with Crippen molar-refractivity contribution < 1.29 is 9.53 Å². The quantitative estimate of drug-likeness (QED) is 0.889. The van der Waals surface area contributed by atoms with Crippen molar-refractivity contribution in [2.24, 2.45) is 5.92 Å². The van der Waals surface area contributed by atoms with Gasteiger partial charge in [0.05, 0.1) is 13.7 Å². The molecule has 0 saturated carbocycles. The molecule has 3 rings (SSSR count). The average molecular weight is 356 g/mol. The van der Waals surface area contributed by atoms with Crippen LogP contribution in [0.5, 0.6) is 5.75 Å². The van der Waals surface area contributed by atoms with Crippen molar-refractivity contribution in [3.8, 4) is 5.75 Å². The van der Waals surface area contributed by atoms with E-state index in [1.54, 1.807) is 13.3 Å². The first kappa shape index (κ1) is 18.5. The zero-order valence-corrected chi connectivity index (χ0v) is 16.0. The van der Waals surface area contributed by atoms with Gasteiger partial charge in [0.15, 0.2) is 0 Å². The molecule has 2 atom stereocenters. The Labute approximate surface area is 155 Å². The number of anilines is 1. The number of aromatic nitrogens is 1. The van der Waals surface area contributed by atoms with E-state index in [4.69, 9.17) is 4.74 Å². The predicted octanol–water partition coefficient (Wildman–Crippen LogP) is 2.14. The summed E-state index contributed by atoms with van der Waals surface area (Å²) in [5.74, 6) is 1.36. The first-order valence-corrected chi connectivity index (χ1v) is 9.08. The van der Waals surface area contributed by atoms with Crippen LogP contribution in [0.25, 0.3) is 10.9 Å². The van der Waals surface area contributed by atoms with E-state index < -0.39 is 0 Å². The van der Waals surface area contributed by atoms with Crippen LogP contribution in [0, 0.1) is 5.92 Å². The standard InChI is InChI=1S/C20H28N4O2/c1-14-10-15(22-19(25)13-23(2)3)12-24(11-14)17-7-8-18(26-4)20-16(17)6-5-9-21-20/h5-9,14-15H,10-13H2,1-4H3,(H,22,25). The predicted molar refractivity (Wildman–Crippen MR) is 105 cm³/mol. The molecular formula is C20H28N4O2. The number of benzene rings is 1. The molecule has 1 aliphatic heterocycles. The molecule has 1 fully saturated rings. The van der Waals surface area contributed by atoms with Crippen LogP contribution >= 0.6 is 0 Å². The minimum absolute atomic E-state index is 0.0790. The molecule has 6 nitrogen and oxygen atoms in total. The van der Waals surface area contributed by atoms with Gasteiger partial charge in [-0.3, -0.25) is 9.78 Å². The summed E-state index contributed by atoms with van der Waals surface area (Å²) in [7, 11) is 5.49. The molecule has 0 spiro atoms. The number of methoxy groups -OCH3 is 1. The van der Waals surface area contributed by atoms with Crippen molar-refractivity contribution in [1.82, 2.24) is 15.2 Å². The number of pyridine rings is 1. The monoisotopic (exact) mass is 356 g/mol. The number of likely N-dealkylation sites (N-methyl/N-ethyl adjacent to an activating group) is 1. The van der Waals surface area contributed by atoms with Crippen molar-refractivity contribution in [3.63, 3.8) is 0 Å². The molecule has 2 unspecified atom stereocenters. The second-order valence-electron chi connectivity index (χ2n) is 7.43. The Morgan fingerprint density at radius 1 is 1.35 bits per heavy atom. The fourth-order valence-corrected chi connectivity index (χ4v) is 3.79. The van der Waals surface area contributed by atoms with Crippen LogP contribution in [0.2, 0.25) is 0 Å². The zero-order chi connectivity index (χ0) is 18.7. The van der Waals surface area contributed by atoms with Gasteiger partial charge in [-0.2, -0.15) is 0 Å². The van der Waals surface area contributed by atoms with Gasteiger partial charge in [0.25, 0.3) is 0 Å². The number of piperidine rings is 1. The first-order chi connectivity index (χ1) is 12.5.